The van der Waals surface area contributed by atoms with E-state index in [2.05, 4.69) is 26.2 Å². The van der Waals surface area contributed by atoms with Gasteiger partial charge in [0.2, 0.25) is 5.92 Å². The topological polar surface area (TPSA) is 46.4 Å². The maximum absolute atomic E-state index is 13.7. The number of fused-ring (bicyclic) bond motifs is 1. The van der Waals surface area contributed by atoms with Crippen LogP contribution in [0.4, 0.5) is 27.6 Å². The first-order valence-corrected chi connectivity index (χ1v) is 10.8. The lowest BCUT2D eigenvalue weighted by Crippen LogP contribution is -2.26. The number of nitrogens with zero attached hydrogens (tertiary/aromatic N) is 2. The van der Waals surface area contributed by atoms with Crippen molar-refractivity contribution in [1.29, 1.82) is 0 Å². The first-order valence-electron chi connectivity index (χ1n) is 10.1. The number of nitrogens with one attached hydrogen (secondary N) is 1. The Hall–Kier alpha value is -2.49. The molecule has 32 heavy (non-hydrogen) atoms. The van der Waals surface area contributed by atoms with Crippen molar-refractivity contribution < 1.29 is 26.7 Å². The van der Waals surface area contributed by atoms with Gasteiger partial charge in [0, 0.05) is 29.2 Å². The number of carbonyl (C=O) groups excluding carboxylic acids is 1. The monoisotopic (exact) mass is 515 g/mol. The normalized spacial score (nSPS) is 16.9. The summed E-state index contributed by atoms with van der Waals surface area (Å²) >= 11 is 3.28. The summed E-state index contributed by atoms with van der Waals surface area (Å²) in [5.41, 5.74) is -0.502. The fourth-order valence-electron chi connectivity index (χ4n) is 4.01. The van der Waals surface area contributed by atoms with Crippen molar-refractivity contribution in [2.75, 3.05) is 5.32 Å². The number of halogens is 6. The molecule has 1 saturated carbocycles. The predicted molar refractivity (Wildman–Crippen MR) is 113 cm³/mol. The van der Waals surface area contributed by atoms with Gasteiger partial charge in [-0.25, -0.2) is 13.8 Å². The number of aromatic nitrogens is 2. The van der Waals surface area contributed by atoms with Gasteiger partial charge in [0.25, 0.3) is 5.91 Å². The summed E-state index contributed by atoms with van der Waals surface area (Å²) in [5.74, 6) is -3.55. The zero-order valence-corrected chi connectivity index (χ0v) is 18.3. The van der Waals surface area contributed by atoms with Crippen LogP contribution in [-0.4, -0.2) is 21.2 Å². The quantitative estimate of drug-likeness (QED) is 0.391. The Morgan fingerprint density at radius 1 is 1.19 bits per heavy atom. The highest BCUT2D eigenvalue weighted by molar-refractivity contribution is 9.10. The summed E-state index contributed by atoms with van der Waals surface area (Å²) in [6.45, 7) is 0. The number of hydrogen-bond acceptors (Lipinski definition) is 2. The highest BCUT2D eigenvalue weighted by Gasteiger charge is 2.40. The van der Waals surface area contributed by atoms with Crippen LogP contribution in [0.1, 0.15) is 47.4 Å². The van der Waals surface area contributed by atoms with E-state index in [1.165, 1.54) is 16.7 Å². The number of para-hydroxylation sites is 1. The molecule has 0 radical (unpaired) electrons. The van der Waals surface area contributed by atoms with Gasteiger partial charge >= 0.3 is 6.18 Å². The van der Waals surface area contributed by atoms with Crippen molar-refractivity contribution in [3.8, 4) is 0 Å². The van der Waals surface area contributed by atoms with E-state index in [1.807, 2.05) is 0 Å². The largest absolute Gasteiger partial charge is 0.435 e. The minimum atomic E-state index is -4.71. The van der Waals surface area contributed by atoms with Crippen LogP contribution in [0.15, 0.2) is 47.1 Å². The number of rotatable bonds is 4. The van der Waals surface area contributed by atoms with Gasteiger partial charge in [0.1, 0.15) is 5.65 Å². The zero-order chi connectivity index (χ0) is 23.1. The van der Waals surface area contributed by atoms with E-state index in [4.69, 9.17) is 0 Å². The Kier molecular flexibility index (Phi) is 6.00. The molecule has 0 spiro atoms. The molecular formula is C22H19BrF5N3O. The van der Waals surface area contributed by atoms with Gasteiger partial charge in [-0.1, -0.05) is 18.2 Å². The van der Waals surface area contributed by atoms with Crippen LogP contribution in [-0.2, 0) is 12.6 Å². The van der Waals surface area contributed by atoms with Crippen LogP contribution in [0.25, 0.3) is 5.65 Å². The molecule has 4 rings (SSSR count). The van der Waals surface area contributed by atoms with Crippen molar-refractivity contribution in [1.82, 2.24) is 9.38 Å². The molecule has 1 fully saturated rings. The van der Waals surface area contributed by atoms with Crippen LogP contribution in [0.3, 0.4) is 0 Å². The Labute approximate surface area is 189 Å². The van der Waals surface area contributed by atoms with Crippen LogP contribution >= 0.6 is 15.9 Å². The lowest BCUT2D eigenvalue weighted by Gasteiger charge is -2.28. The predicted octanol–water partition coefficient (Wildman–Crippen LogP) is 6.74. The van der Waals surface area contributed by atoms with E-state index in [0.717, 1.165) is 0 Å². The van der Waals surface area contributed by atoms with Crippen LogP contribution in [0, 0.1) is 5.92 Å². The lowest BCUT2D eigenvalue weighted by atomic mass is 9.83. The molecule has 4 nitrogen and oxygen atoms in total. The second-order valence-electron chi connectivity index (χ2n) is 7.99. The van der Waals surface area contributed by atoms with Crippen LogP contribution in [0.5, 0.6) is 0 Å². The number of benzene rings is 1. The molecule has 1 amide bonds. The van der Waals surface area contributed by atoms with Crippen LogP contribution in [0.2, 0.25) is 0 Å². The smallest absolute Gasteiger partial charge is 0.322 e. The molecule has 1 aliphatic carbocycles. The van der Waals surface area contributed by atoms with Gasteiger partial charge < -0.3 is 9.72 Å². The molecule has 1 N–H and O–H groups in total. The Bertz CT molecular complexity index is 1130. The molecule has 10 heteroatoms. The molecule has 0 saturated heterocycles. The van der Waals surface area contributed by atoms with Gasteiger partial charge in [-0.05, 0) is 59.3 Å². The average Bonchev–Trinajstić information content (AvgIpc) is 3.07. The minimum Gasteiger partial charge on any atom is -0.322 e. The van der Waals surface area contributed by atoms with Gasteiger partial charge in [-0.2, -0.15) is 13.2 Å². The van der Waals surface area contributed by atoms with Crippen molar-refractivity contribution in [3.63, 3.8) is 0 Å². The Morgan fingerprint density at radius 3 is 2.47 bits per heavy atom. The van der Waals surface area contributed by atoms with Gasteiger partial charge in [0.15, 0.2) is 5.69 Å². The van der Waals surface area contributed by atoms with E-state index >= 15 is 0 Å². The second kappa shape index (κ2) is 8.46. The molecule has 0 atom stereocenters. The van der Waals surface area contributed by atoms with Gasteiger partial charge in [-0.3, -0.25) is 4.79 Å². The molecule has 3 aromatic rings. The summed E-state index contributed by atoms with van der Waals surface area (Å²) in [7, 11) is 0. The third-order valence-corrected chi connectivity index (χ3v) is 6.31. The SMILES string of the molecule is O=C(Nc1ccccc1)c1cc2nc(C(F)(F)F)c(CC3CCC(F)(F)CC3)n2cc1Br. The molecule has 1 aliphatic rings. The maximum Gasteiger partial charge on any atom is 0.435 e. The second-order valence-corrected chi connectivity index (χ2v) is 8.85. The van der Waals surface area contributed by atoms with Crippen molar-refractivity contribution in [3.05, 3.63) is 64.0 Å². The molecule has 170 valence electrons. The van der Waals surface area contributed by atoms with Crippen molar-refractivity contribution in [2.45, 2.75) is 44.2 Å². The minimum absolute atomic E-state index is 0.0198. The number of imidazole rings is 1. The zero-order valence-electron chi connectivity index (χ0n) is 16.7. The Morgan fingerprint density at radius 2 is 1.84 bits per heavy atom. The standard InChI is InChI=1S/C22H19BrF5N3O/c23-16-12-31-17(10-13-6-8-21(24,25)9-7-13)19(22(26,27)28)30-18(31)11-15(16)20(32)29-14-4-2-1-3-5-14/h1-5,11-13H,6-10H2,(H,29,32). The third kappa shape index (κ3) is 4.79. The first-order chi connectivity index (χ1) is 15.0. The summed E-state index contributed by atoms with van der Waals surface area (Å²) in [6, 6.07) is 9.93. The third-order valence-electron chi connectivity index (χ3n) is 5.67. The Balaban J connectivity index is 1.69. The number of alkyl halides is 5. The number of pyridine rings is 1. The fourth-order valence-corrected chi connectivity index (χ4v) is 4.50. The molecular weight excluding hydrogens is 497 g/mol. The van der Waals surface area contributed by atoms with E-state index in [-0.39, 0.29) is 54.9 Å². The van der Waals surface area contributed by atoms with E-state index in [0.29, 0.717) is 10.2 Å². The fraction of sp³-hybridized carbons (Fsp3) is 0.364. The lowest BCUT2D eigenvalue weighted by molar-refractivity contribution is -0.141. The average molecular weight is 516 g/mol. The summed E-state index contributed by atoms with van der Waals surface area (Å²) in [6.07, 6.45) is -3.71. The van der Waals surface area contributed by atoms with Gasteiger partial charge in [0.05, 0.1) is 11.3 Å². The van der Waals surface area contributed by atoms with Crippen LogP contribution < -0.4 is 5.32 Å². The summed E-state index contributed by atoms with van der Waals surface area (Å²) < 4.78 is 69.7. The summed E-state index contributed by atoms with van der Waals surface area (Å²) in [5, 5.41) is 2.69. The number of hydrogen-bond donors (Lipinski definition) is 1. The number of anilines is 1. The molecule has 0 unspecified atom stereocenters. The van der Waals surface area contributed by atoms with E-state index < -0.39 is 23.7 Å². The maximum atomic E-state index is 13.7. The van der Waals surface area contributed by atoms with Crippen molar-refractivity contribution in [2.24, 2.45) is 5.92 Å². The highest BCUT2D eigenvalue weighted by Crippen LogP contribution is 2.40. The molecule has 0 aliphatic heterocycles. The highest BCUT2D eigenvalue weighted by atomic mass is 79.9. The number of amides is 1. The number of carbonyl (C=O) groups is 1. The molecule has 2 heterocycles. The van der Waals surface area contributed by atoms with E-state index in [9.17, 15) is 26.7 Å². The molecule has 0 bridgehead atoms. The first kappa shape index (κ1) is 22.7. The van der Waals surface area contributed by atoms with E-state index in [1.54, 1.807) is 30.3 Å². The van der Waals surface area contributed by atoms with Crippen molar-refractivity contribution >= 4 is 33.2 Å². The molecule has 1 aromatic carbocycles. The molecule has 2 aromatic heterocycles. The summed E-state index contributed by atoms with van der Waals surface area (Å²) in [4.78, 5) is 16.4. The van der Waals surface area contributed by atoms with Gasteiger partial charge in [-0.15, -0.1) is 0 Å².